The summed E-state index contributed by atoms with van der Waals surface area (Å²) in [5.74, 6) is 3.01. The van der Waals surface area contributed by atoms with Gasteiger partial charge in [0, 0.05) is 10.9 Å². The van der Waals surface area contributed by atoms with Crippen LogP contribution in [-0.2, 0) is 0 Å². The minimum Gasteiger partial charge on any atom is -0.496 e. The highest BCUT2D eigenvalue weighted by atomic mass is 31.1. The maximum Gasteiger partial charge on any atom is 0.128 e. The van der Waals surface area contributed by atoms with Gasteiger partial charge < -0.3 is 9.47 Å². The second-order valence-corrected chi connectivity index (χ2v) is 16.0. The Morgan fingerprint density at radius 1 is 0.684 bits per heavy atom. The Kier molecular flexibility index (Phi) is 9.89. The maximum absolute atomic E-state index is 6.92. The van der Waals surface area contributed by atoms with E-state index in [1.165, 1.54) is 91.8 Å². The molecule has 2 aliphatic rings. The maximum atomic E-state index is 6.92. The van der Waals surface area contributed by atoms with Crippen LogP contribution in [0.2, 0.25) is 0 Å². The predicted molar refractivity (Wildman–Crippen MR) is 167 cm³/mol. The van der Waals surface area contributed by atoms with Gasteiger partial charge in [0.15, 0.2) is 0 Å². The van der Waals surface area contributed by atoms with E-state index in [0.29, 0.717) is 11.8 Å². The average molecular weight is 537 g/mol. The van der Waals surface area contributed by atoms with Crippen molar-refractivity contribution in [3.05, 3.63) is 41.5 Å². The van der Waals surface area contributed by atoms with Gasteiger partial charge in [0.25, 0.3) is 0 Å². The Bertz CT molecular complexity index is 1010. The number of methoxy groups -OCH3 is 1. The fourth-order valence-corrected chi connectivity index (χ4v) is 10.9. The first-order valence-electron chi connectivity index (χ1n) is 15.4. The Morgan fingerprint density at radius 2 is 1.16 bits per heavy atom. The van der Waals surface area contributed by atoms with Crippen LogP contribution in [0.3, 0.4) is 0 Å². The Hall–Kier alpha value is -1.53. The van der Waals surface area contributed by atoms with E-state index in [-0.39, 0.29) is 5.60 Å². The van der Waals surface area contributed by atoms with Gasteiger partial charge >= 0.3 is 0 Å². The summed E-state index contributed by atoms with van der Waals surface area (Å²) in [6.07, 6.45) is 13.8. The van der Waals surface area contributed by atoms with Crippen molar-refractivity contribution in [3.63, 3.8) is 0 Å². The van der Waals surface area contributed by atoms with Gasteiger partial charge in [0.05, 0.1) is 7.11 Å². The fourth-order valence-electron chi connectivity index (χ4n) is 6.86. The predicted octanol–water partition coefficient (Wildman–Crippen LogP) is 10.6. The van der Waals surface area contributed by atoms with Crippen LogP contribution in [0.4, 0.5) is 0 Å². The molecular formula is C35H53O2P. The molecule has 0 aliphatic heterocycles. The molecule has 3 heteroatoms. The van der Waals surface area contributed by atoms with Crippen LogP contribution in [0.15, 0.2) is 30.3 Å². The van der Waals surface area contributed by atoms with Crippen molar-refractivity contribution in [3.8, 4) is 22.6 Å². The summed E-state index contributed by atoms with van der Waals surface area (Å²) in [5, 5.41) is 1.52. The lowest BCUT2D eigenvalue weighted by Gasteiger charge is -2.41. The number of hydrogen-bond acceptors (Lipinski definition) is 2. The molecule has 0 saturated heterocycles. The second-order valence-electron chi connectivity index (χ2n) is 13.3. The molecule has 0 spiro atoms. The standard InChI is InChI=1S/C35H53O2P/c1-24(2)28-20-15-21-29(25(3)4)32(28)33-30(36-8)22-23-31(37-35(5,6)7)34(33)38(26-16-11-9-12-17-26)27-18-13-10-14-19-27/h15,20-27H,9-14,16-19H2,1-8H3. The lowest BCUT2D eigenvalue weighted by molar-refractivity contribution is 0.132. The molecule has 0 N–H and O–H groups in total. The topological polar surface area (TPSA) is 18.5 Å². The highest BCUT2D eigenvalue weighted by molar-refractivity contribution is 7.67. The van der Waals surface area contributed by atoms with Crippen LogP contribution in [-0.4, -0.2) is 24.0 Å². The summed E-state index contributed by atoms with van der Waals surface area (Å²) in [6, 6.07) is 11.4. The lowest BCUT2D eigenvalue weighted by Crippen LogP contribution is -2.31. The van der Waals surface area contributed by atoms with E-state index in [0.717, 1.165) is 22.8 Å². The first-order chi connectivity index (χ1) is 18.1. The lowest BCUT2D eigenvalue weighted by atomic mass is 9.84. The Labute approximate surface area is 235 Å². The zero-order valence-corrected chi connectivity index (χ0v) is 26.4. The Morgan fingerprint density at radius 3 is 1.58 bits per heavy atom. The molecule has 0 amide bonds. The van der Waals surface area contributed by atoms with Gasteiger partial charge in [0.2, 0.25) is 0 Å². The number of rotatable bonds is 8. The summed E-state index contributed by atoms with van der Waals surface area (Å²) < 4.78 is 13.2. The van der Waals surface area contributed by atoms with Crippen molar-refractivity contribution < 1.29 is 9.47 Å². The van der Waals surface area contributed by atoms with Gasteiger partial charge in [-0.1, -0.05) is 92.3 Å². The van der Waals surface area contributed by atoms with E-state index in [4.69, 9.17) is 9.47 Å². The van der Waals surface area contributed by atoms with Crippen LogP contribution in [0.1, 0.15) is 136 Å². The zero-order chi connectivity index (χ0) is 27.4. The van der Waals surface area contributed by atoms with E-state index in [1.54, 1.807) is 0 Å². The van der Waals surface area contributed by atoms with Crippen molar-refractivity contribution >= 4 is 13.2 Å². The van der Waals surface area contributed by atoms with E-state index in [2.05, 4.69) is 78.8 Å². The molecular weight excluding hydrogens is 483 g/mol. The quantitative estimate of drug-likeness (QED) is 0.312. The normalized spacial score (nSPS) is 18.0. The van der Waals surface area contributed by atoms with Crippen LogP contribution in [0, 0.1) is 0 Å². The van der Waals surface area contributed by atoms with Crippen LogP contribution >= 0.6 is 7.92 Å². The van der Waals surface area contributed by atoms with Gasteiger partial charge in [-0.25, -0.2) is 0 Å². The SMILES string of the molecule is COc1ccc(OC(C)(C)C)c(P(C2CCCCC2)C2CCCCC2)c1-c1c(C(C)C)cccc1C(C)C. The summed E-state index contributed by atoms with van der Waals surface area (Å²) >= 11 is 0. The van der Waals surface area contributed by atoms with Crippen LogP contribution in [0.25, 0.3) is 11.1 Å². The molecule has 210 valence electrons. The molecule has 0 radical (unpaired) electrons. The van der Waals surface area contributed by atoms with E-state index in [1.807, 2.05) is 7.11 Å². The number of ether oxygens (including phenoxy) is 2. The molecule has 2 saturated carbocycles. The number of hydrogen-bond donors (Lipinski definition) is 0. The molecule has 0 aromatic heterocycles. The fraction of sp³-hybridized carbons (Fsp3) is 0.657. The summed E-state index contributed by atoms with van der Waals surface area (Å²) in [6.45, 7) is 16.0. The van der Waals surface area contributed by atoms with Gasteiger partial charge in [-0.2, -0.15) is 0 Å². The summed E-state index contributed by atoms with van der Waals surface area (Å²) in [7, 11) is 1.46. The van der Waals surface area contributed by atoms with Crippen molar-refractivity contribution in [1.29, 1.82) is 0 Å². The van der Waals surface area contributed by atoms with Crippen molar-refractivity contribution in [1.82, 2.24) is 0 Å². The van der Waals surface area contributed by atoms with Crippen molar-refractivity contribution in [2.24, 2.45) is 0 Å². The van der Waals surface area contributed by atoms with Crippen LogP contribution < -0.4 is 14.8 Å². The third kappa shape index (κ3) is 6.60. The second kappa shape index (κ2) is 12.8. The molecule has 2 aromatic rings. The molecule has 38 heavy (non-hydrogen) atoms. The third-order valence-electron chi connectivity index (χ3n) is 8.56. The minimum absolute atomic E-state index is 0.251. The number of benzene rings is 2. The highest BCUT2D eigenvalue weighted by Gasteiger charge is 2.38. The smallest absolute Gasteiger partial charge is 0.128 e. The third-order valence-corrected chi connectivity index (χ3v) is 12.1. The van der Waals surface area contributed by atoms with Gasteiger partial charge in [-0.05, 0) is 98.4 Å². The molecule has 0 heterocycles. The molecule has 2 aliphatic carbocycles. The summed E-state index contributed by atoms with van der Waals surface area (Å²) in [4.78, 5) is 0. The summed E-state index contributed by atoms with van der Waals surface area (Å²) in [5.41, 5.74) is 6.95. The first kappa shape index (κ1) is 29.5. The molecule has 2 nitrogen and oxygen atoms in total. The van der Waals surface area contributed by atoms with E-state index in [9.17, 15) is 0 Å². The molecule has 2 aromatic carbocycles. The molecule has 0 atom stereocenters. The zero-order valence-electron chi connectivity index (χ0n) is 25.5. The Balaban J connectivity index is 2.09. The minimum atomic E-state index is -0.401. The van der Waals surface area contributed by atoms with E-state index >= 15 is 0 Å². The van der Waals surface area contributed by atoms with Gasteiger partial charge in [0.1, 0.15) is 17.1 Å². The molecule has 0 unspecified atom stereocenters. The highest BCUT2D eigenvalue weighted by Crippen LogP contribution is 2.59. The van der Waals surface area contributed by atoms with E-state index < -0.39 is 7.92 Å². The molecule has 0 bridgehead atoms. The van der Waals surface area contributed by atoms with Crippen molar-refractivity contribution in [2.75, 3.05) is 7.11 Å². The molecule has 4 rings (SSSR count). The van der Waals surface area contributed by atoms with Crippen molar-refractivity contribution in [2.45, 2.75) is 141 Å². The monoisotopic (exact) mass is 536 g/mol. The van der Waals surface area contributed by atoms with Gasteiger partial charge in [-0.3, -0.25) is 0 Å². The molecule has 2 fully saturated rings. The van der Waals surface area contributed by atoms with Gasteiger partial charge in [-0.15, -0.1) is 0 Å². The largest absolute Gasteiger partial charge is 0.496 e. The van der Waals surface area contributed by atoms with Crippen LogP contribution in [0.5, 0.6) is 11.5 Å². The average Bonchev–Trinajstić information content (AvgIpc) is 2.89. The first-order valence-corrected chi connectivity index (χ1v) is 16.9.